The summed E-state index contributed by atoms with van der Waals surface area (Å²) in [7, 11) is 0. The monoisotopic (exact) mass is 169 g/mol. The summed E-state index contributed by atoms with van der Waals surface area (Å²) in [6.07, 6.45) is 0.378. The minimum atomic E-state index is -2.48. The normalized spacial score (nSPS) is 27.9. The summed E-state index contributed by atoms with van der Waals surface area (Å²) in [5.74, 6) is -2.48. The maximum Gasteiger partial charge on any atom is 0.249 e. The highest BCUT2D eigenvalue weighted by Crippen LogP contribution is 2.27. The van der Waals surface area contributed by atoms with Crippen molar-refractivity contribution in [1.82, 2.24) is 4.42 Å². The van der Waals surface area contributed by atoms with Crippen LogP contribution < -0.4 is 0 Å². The molecule has 60 valence electrons. The van der Waals surface area contributed by atoms with Gasteiger partial charge in [-0.15, -0.1) is 0 Å². The fourth-order valence-corrected chi connectivity index (χ4v) is 1.23. The van der Waals surface area contributed by atoms with E-state index < -0.39 is 5.92 Å². The first-order valence-corrected chi connectivity index (χ1v) is 3.72. The summed E-state index contributed by atoms with van der Waals surface area (Å²) in [6.45, 7) is 0.881. The first kappa shape index (κ1) is 8.21. The molecule has 0 atom stereocenters. The lowest BCUT2D eigenvalue weighted by molar-refractivity contribution is -0.0116. The molecule has 0 amide bonds. The van der Waals surface area contributed by atoms with Crippen molar-refractivity contribution in [3.05, 3.63) is 0 Å². The predicted molar refractivity (Wildman–Crippen MR) is 36.2 cm³/mol. The van der Waals surface area contributed by atoms with Crippen LogP contribution in [0.15, 0.2) is 0 Å². The number of hydrogen-bond donors (Lipinski definition) is 0. The molecule has 10 heavy (non-hydrogen) atoms. The highest BCUT2D eigenvalue weighted by atomic mass is 35.5. The molecule has 0 aliphatic carbocycles. The Labute approximate surface area is 64.1 Å². The minimum Gasteiger partial charge on any atom is -0.220 e. The van der Waals surface area contributed by atoms with Gasteiger partial charge in [0, 0.05) is 25.9 Å². The SMILES string of the molecule is FC1(F)CCCN(Cl)CC1. The molecule has 0 bridgehead atoms. The van der Waals surface area contributed by atoms with Gasteiger partial charge in [0.2, 0.25) is 5.92 Å². The molecule has 1 aliphatic heterocycles. The van der Waals surface area contributed by atoms with Gasteiger partial charge in [-0.25, -0.2) is 13.2 Å². The molecule has 1 saturated heterocycles. The van der Waals surface area contributed by atoms with Crippen LogP contribution in [0, 0.1) is 0 Å². The largest absolute Gasteiger partial charge is 0.249 e. The van der Waals surface area contributed by atoms with E-state index in [2.05, 4.69) is 0 Å². The van der Waals surface area contributed by atoms with E-state index in [4.69, 9.17) is 11.8 Å². The van der Waals surface area contributed by atoms with Crippen molar-refractivity contribution in [2.24, 2.45) is 0 Å². The smallest absolute Gasteiger partial charge is 0.220 e. The molecule has 0 unspecified atom stereocenters. The number of rotatable bonds is 0. The highest BCUT2D eigenvalue weighted by Gasteiger charge is 2.30. The maximum absolute atomic E-state index is 12.6. The van der Waals surface area contributed by atoms with Crippen LogP contribution in [0.1, 0.15) is 19.3 Å². The van der Waals surface area contributed by atoms with Crippen molar-refractivity contribution in [2.75, 3.05) is 13.1 Å². The first-order chi connectivity index (χ1) is 4.60. The third-order valence-electron chi connectivity index (χ3n) is 1.66. The van der Waals surface area contributed by atoms with Crippen LogP contribution in [0.3, 0.4) is 0 Å². The lowest BCUT2D eigenvalue weighted by Crippen LogP contribution is -2.18. The maximum atomic E-state index is 12.6. The summed E-state index contributed by atoms with van der Waals surface area (Å²) in [6, 6.07) is 0. The molecule has 0 spiro atoms. The summed E-state index contributed by atoms with van der Waals surface area (Å²) in [4.78, 5) is 0. The Morgan fingerprint density at radius 2 is 1.90 bits per heavy atom. The summed E-state index contributed by atoms with van der Waals surface area (Å²) in [5, 5.41) is 0. The van der Waals surface area contributed by atoms with Crippen molar-refractivity contribution in [3.8, 4) is 0 Å². The van der Waals surface area contributed by atoms with Crippen LogP contribution in [0.2, 0.25) is 0 Å². The van der Waals surface area contributed by atoms with E-state index in [9.17, 15) is 8.78 Å². The number of nitrogens with zero attached hydrogens (tertiary/aromatic N) is 1. The van der Waals surface area contributed by atoms with Gasteiger partial charge in [0.1, 0.15) is 0 Å². The zero-order valence-corrected chi connectivity index (χ0v) is 6.37. The third kappa shape index (κ3) is 2.39. The van der Waals surface area contributed by atoms with Crippen molar-refractivity contribution < 1.29 is 8.78 Å². The Kier molecular flexibility index (Phi) is 2.47. The van der Waals surface area contributed by atoms with Crippen LogP contribution in [-0.2, 0) is 0 Å². The van der Waals surface area contributed by atoms with Crippen molar-refractivity contribution in [1.29, 1.82) is 0 Å². The molecule has 1 heterocycles. The molecule has 0 aromatic rings. The van der Waals surface area contributed by atoms with E-state index in [1.165, 1.54) is 4.42 Å². The second-order valence-corrected chi connectivity index (χ2v) is 3.10. The van der Waals surface area contributed by atoms with Crippen molar-refractivity contribution in [3.63, 3.8) is 0 Å². The number of alkyl halides is 2. The van der Waals surface area contributed by atoms with E-state index >= 15 is 0 Å². The van der Waals surface area contributed by atoms with Crippen LogP contribution in [0.4, 0.5) is 8.78 Å². The molecule has 0 N–H and O–H groups in total. The quantitative estimate of drug-likeness (QED) is 0.503. The second kappa shape index (κ2) is 3.01. The summed E-state index contributed by atoms with van der Waals surface area (Å²) >= 11 is 5.55. The van der Waals surface area contributed by atoms with Gasteiger partial charge in [-0.3, -0.25) is 0 Å². The van der Waals surface area contributed by atoms with Crippen molar-refractivity contribution >= 4 is 11.8 Å². The van der Waals surface area contributed by atoms with E-state index in [0.717, 1.165) is 0 Å². The Balaban J connectivity index is 2.41. The van der Waals surface area contributed by atoms with E-state index in [1.807, 2.05) is 0 Å². The van der Waals surface area contributed by atoms with Gasteiger partial charge in [-0.05, 0) is 18.2 Å². The summed E-state index contributed by atoms with van der Waals surface area (Å²) in [5.41, 5.74) is 0. The standard InChI is InChI=1S/C6H10ClF2N/c7-10-4-1-2-6(8,9)3-5-10/h1-5H2. The number of halogens is 3. The van der Waals surface area contributed by atoms with E-state index in [-0.39, 0.29) is 12.8 Å². The zero-order chi connectivity index (χ0) is 7.61. The second-order valence-electron chi connectivity index (χ2n) is 2.62. The van der Waals surface area contributed by atoms with Crippen LogP contribution in [0.5, 0.6) is 0 Å². The molecule has 0 saturated carbocycles. The molecule has 0 aromatic heterocycles. The topological polar surface area (TPSA) is 3.24 Å². The fourth-order valence-electron chi connectivity index (χ4n) is 1.03. The Morgan fingerprint density at radius 3 is 2.60 bits per heavy atom. The molecule has 1 aliphatic rings. The molecule has 0 aromatic carbocycles. The number of hydrogen-bond acceptors (Lipinski definition) is 1. The minimum absolute atomic E-state index is 0.0176. The van der Waals surface area contributed by atoms with Crippen LogP contribution in [-0.4, -0.2) is 23.4 Å². The Hall–Kier alpha value is 0.110. The summed E-state index contributed by atoms with van der Waals surface area (Å²) < 4.78 is 26.5. The fraction of sp³-hybridized carbons (Fsp3) is 1.00. The zero-order valence-electron chi connectivity index (χ0n) is 5.62. The van der Waals surface area contributed by atoms with Gasteiger partial charge in [-0.2, -0.15) is 0 Å². The van der Waals surface area contributed by atoms with Gasteiger partial charge in [0.25, 0.3) is 0 Å². The van der Waals surface area contributed by atoms with Gasteiger partial charge in [0.15, 0.2) is 0 Å². The predicted octanol–water partition coefficient (Wildman–Crippen LogP) is 2.26. The average Bonchev–Trinajstić information content (AvgIpc) is 1.94. The lowest BCUT2D eigenvalue weighted by atomic mass is 10.1. The third-order valence-corrected chi connectivity index (χ3v) is 2.00. The van der Waals surface area contributed by atoms with Crippen LogP contribution in [0.25, 0.3) is 0 Å². The first-order valence-electron chi connectivity index (χ1n) is 3.39. The van der Waals surface area contributed by atoms with Crippen LogP contribution >= 0.6 is 11.8 Å². The molecule has 0 radical (unpaired) electrons. The van der Waals surface area contributed by atoms with Gasteiger partial charge in [0.05, 0.1) is 0 Å². The highest BCUT2D eigenvalue weighted by molar-refractivity contribution is 6.13. The van der Waals surface area contributed by atoms with Gasteiger partial charge in [-0.1, -0.05) is 0 Å². The Bertz CT molecular complexity index is 118. The van der Waals surface area contributed by atoms with E-state index in [1.54, 1.807) is 0 Å². The molecule has 1 rings (SSSR count). The van der Waals surface area contributed by atoms with Crippen molar-refractivity contribution in [2.45, 2.75) is 25.2 Å². The molecular weight excluding hydrogens is 160 g/mol. The lowest BCUT2D eigenvalue weighted by Gasteiger charge is -2.11. The van der Waals surface area contributed by atoms with Gasteiger partial charge < -0.3 is 0 Å². The van der Waals surface area contributed by atoms with Gasteiger partial charge >= 0.3 is 0 Å². The van der Waals surface area contributed by atoms with E-state index in [0.29, 0.717) is 19.5 Å². The molecular formula is C6H10ClF2N. The molecule has 4 heteroatoms. The average molecular weight is 170 g/mol. The molecule has 1 nitrogen and oxygen atoms in total. The Morgan fingerprint density at radius 1 is 1.20 bits per heavy atom. The molecule has 1 fully saturated rings.